The summed E-state index contributed by atoms with van der Waals surface area (Å²) >= 11 is 5.04. The second kappa shape index (κ2) is 6.28. The SMILES string of the molecule is CC(CBr)C(C)NC(=O)Cc1cccs1. The van der Waals surface area contributed by atoms with Crippen LogP contribution in [0.25, 0.3) is 0 Å². The predicted octanol–water partition coefficient (Wildman–Crippen LogP) is 2.83. The topological polar surface area (TPSA) is 29.1 Å². The number of alkyl halides is 1. The van der Waals surface area contributed by atoms with Crippen molar-refractivity contribution >= 4 is 33.2 Å². The number of rotatable bonds is 5. The number of nitrogens with one attached hydrogen (secondary N) is 1. The average Bonchev–Trinajstić information content (AvgIpc) is 2.68. The fourth-order valence-electron chi connectivity index (χ4n) is 1.15. The highest BCUT2D eigenvalue weighted by molar-refractivity contribution is 9.09. The molecule has 1 N–H and O–H groups in total. The Kier molecular flexibility index (Phi) is 5.32. The van der Waals surface area contributed by atoms with Crippen molar-refractivity contribution in [3.05, 3.63) is 22.4 Å². The molecule has 0 spiro atoms. The summed E-state index contributed by atoms with van der Waals surface area (Å²) < 4.78 is 0. The van der Waals surface area contributed by atoms with Gasteiger partial charge in [-0.05, 0) is 24.3 Å². The molecular weight excluding hydrogens is 274 g/mol. The molecule has 2 unspecified atom stereocenters. The summed E-state index contributed by atoms with van der Waals surface area (Å²) in [5.74, 6) is 0.565. The lowest BCUT2D eigenvalue weighted by atomic mass is 10.1. The maximum atomic E-state index is 11.6. The molecule has 15 heavy (non-hydrogen) atoms. The zero-order chi connectivity index (χ0) is 11.3. The summed E-state index contributed by atoms with van der Waals surface area (Å²) in [5.41, 5.74) is 0. The third kappa shape index (κ3) is 4.34. The number of halogens is 1. The lowest BCUT2D eigenvalue weighted by molar-refractivity contribution is -0.121. The lowest BCUT2D eigenvalue weighted by Crippen LogP contribution is -2.38. The molecule has 0 radical (unpaired) electrons. The van der Waals surface area contributed by atoms with E-state index in [0.717, 1.165) is 10.2 Å². The van der Waals surface area contributed by atoms with Gasteiger partial charge in [0.2, 0.25) is 5.91 Å². The Bertz CT molecular complexity index is 300. The van der Waals surface area contributed by atoms with Gasteiger partial charge in [-0.3, -0.25) is 4.79 Å². The normalized spacial score (nSPS) is 14.6. The minimum Gasteiger partial charge on any atom is -0.353 e. The van der Waals surface area contributed by atoms with Gasteiger partial charge in [-0.2, -0.15) is 0 Å². The summed E-state index contributed by atoms with van der Waals surface area (Å²) in [6.07, 6.45) is 0.497. The molecule has 1 heterocycles. The lowest BCUT2D eigenvalue weighted by Gasteiger charge is -2.18. The summed E-state index contributed by atoms with van der Waals surface area (Å²) in [4.78, 5) is 12.7. The van der Waals surface area contributed by atoms with E-state index in [2.05, 4.69) is 28.2 Å². The Hall–Kier alpha value is -0.350. The monoisotopic (exact) mass is 289 g/mol. The first kappa shape index (κ1) is 12.7. The Morgan fingerprint density at radius 2 is 2.33 bits per heavy atom. The highest BCUT2D eigenvalue weighted by Crippen LogP contribution is 2.10. The van der Waals surface area contributed by atoms with Crippen LogP contribution in [-0.4, -0.2) is 17.3 Å². The minimum absolute atomic E-state index is 0.109. The fourth-order valence-corrected chi connectivity index (χ4v) is 2.42. The van der Waals surface area contributed by atoms with Crippen LogP contribution in [0.15, 0.2) is 17.5 Å². The molecule has 0 aliphatic heterocycles. The number of hydrogen-bond acceptors (Lipinski definition) is 2. The van der Waals surface area contributed by atoms with Crippen LogP contribution < -0.4 is 5.32 Å². The van der Waals surface area contributed by atoms with Gasteiger partial charge in [-0.15, -0.1) is 11.3 Å². The van der Waals surface area contributed by atoms with Crippen LogP contribution in [0.3, 0.4) is 0 Å². The van der Waals surface area contributed by atoms with E-state index < -0.39 is 0 Å². The molecule has 2 nitrogen and oxygen atoms in total. The van der Waals surface area contributed by atoms with Crippen molar-refractivity contribution in [1.82, 2.24) is 5.32 Å². The Balaban J connectivity index is 2.36. The molecule has 84 valence electrons. The van der Waals surface area contributed by atoms with Crippen LogP contribution in [0.5, 0.6) is 0 Å². The number of amides is 1. The maximum absolute atomic E-state index is 11.6. The van der Waals surface area contributed by atoms with Crippen molar-refractivity contribution in [2.24, 2.45) is 5.92 Å². The van der Waals surface area contributed by atoms with Crippen LogP contribution in [0.2, 0.25) is 0 Å². The Morgan fingerprint density at radius 3 is 2.87 bits per heavy atom. The van der Waals surface area contributed by atoms with Crippen molar-refractivity contribution in [2.45, 2.75) is 26.3 Å². The molecule has 0 aliphatic rings. The van der Waals surface area contributed by atoms with Crippen molar-refractivity contribution in [3.63, 3.8) is 0 Å². The third-order valence-corrected chi connectivity index (χ3v) is 4.30. The van der Waals surface area contributed by atoms with Gasteiger partial charge in [0.05, 0.1) is 6.42 Å². The van der Waals surface area contributed by atoms with Crippen LogP contribution in [0.1, 0.15) is 18.7 Å². The van der Waals surface area contributed by atoms with E-state index >= 15 is 0 Å². The minimum atomic E-state index is 0.109. The summed E-state index contributed by atoms with van der Waals surface area (Å²) in [6.45, 7) is 4.16. The zero-order valence-corrected chi connectivity index (χ0v) is 11.4. The Morgan fingerprint density at radius 1 is 1.60 bits per heavy atom. The molecule has 1 aromatic rings. The van der Waals surface area contributed by atoms with E-state index in [1.807, 2.05) is 24.4 Å². The quantitative estimate of drug-likeness (QED) is 0.830. The van der Waals surface area contributed by atoms with Gasteiger partial charge in [-0.25, -0.2) is 0 Å². The molecule has 0 fully saturated rings. The largest absolute Gasteiger partial charge is 0.353 e. The molecule has 0 aromatic carbocycles. The number of thiophene rings is 1. The molecule has 0 aliphatic carbocycles. The highest BCUT2D eigenvalue weighted by atomic mass is 79.9. The first-order valence-corrected chi connectivity index (χ1v) is 7.01. The van der Waals surface area contributed by atoms with Crippen LogP contribution in [0, 0.1) is 5.92 Å². The smallest absolute Gasteiger partial charge is 0.225 e. The molecule has 4 heteroatoms. The van der Waals surface area contributed by atoms with Gasteiger partial charge in [0.25, 0.3) is 0 Å². The van der Waals surface area contributed by atoms with E-state index in [1.165, 1.54) is 0 Å². The molecule has 1 amide bonds. The van der Waals surface area contributed by atoms with Gasteiger partial charge in [0.1, 0.15) is 0 Å². The molecule has 1 rings (SSSR count). The van der Waals surface area contributed by atoms with E-state index in [4.69, 9.17) is 0 Å². The molecular formula is C11H16BrNOS. The van der Waals surface area contributed by atoms with Crippen molar-refractivity contribution in [2.75, 3.05) is 5.33 Å². The third-order valence-electron chi connectivity index (χ3n) is 2.40. The van der Waals surface area contributed by atoms with Crippen LogP contribution >= 0.6 is 27.3 Å². The molecule has 2 atom stereocenters. The second-order valence-corrected chi connectivity index (χ2v) is 5.42. The number of carbonyl (C=O) groups is 1. The average molecular weight is 290 g/mol. The van der Waals surface area contributed by atoms with E-state index in [0.29, 0.717) is 12.3 Å². The molecule has 0 saturated heterocycles. The summed E-state index contributed by atoms with van der Waals surface area (Å²) in [5, 5.41) is 5.91. The summed E-state index contributed by atoms with van der Waals surface area (Å²) in [7, 11) is 0. The van der Waals surface area contributed by atoms with Gasteiger partial charge in [-0.1, -0.05) is 28.9 Å². The molecule has 1 aromatic heterocycles. The van der Waals surface area contributed by atoms with Gasteiger partial charge in [0.15, 0.2) is 0 Å². The van der Waals surface area contributed by atoms with Gasteiger partial charge in [0, 0.05) is 16.2 Å². The summed E-state index contributed by atoms with van der Waals surface area (Å²) in [6, 6.07) is 4.18. The molecule has 0 saturated carbocycles. The predicted molar refractivity (Wildman–Crippen MR) is 68.6 cm³/mol. The first-order chi connectivity index (χ1) is 7.13. The van der Waals surface area contributed by atoms with Crippen molar-refractivity contribution in [1.29, 1.82) is 0 Å². The fraction of sp³-hybridized carbons (Fsp3) is 0.545. The maximum Gasteiger partial charge on any atom is 0.225 e. The van der Waals surface area contributed by atoms with Crippen molar-refractivity contribution < 1.29 is 4.79 Å². The van der Waals surface area contributed by atoms with E-state index in [1.54, 1.807) is 11.3 Å². The van der Waals surface area contributed by atoms with Crippen LogP contribution in [0.4, 0.5) is 0 Å². The highest BCUT2D eigenvalue weighted by Gasteiger charge is 2.13. The number of hydrogen-bond donors (Lipinski definition) is 1. The zero-order valence-electron chi connectivity index (χ0n) is 9.00. The number of carbonyl (C=O) groups excluding carboxylic acids is 1. The van der Waals surface area contributed by atoms with E-state index in [-0.39, 0.29) is 11.9 Å². The second-order valence-electron chi connectivity index (χ2n) is 3.74. The first-order valence-electron chi connectivity index (χ1n) is 5.01. The van der Waals surface area contributed by atoms with Gasteiger partial charge >= 0.3 is 0 Å². The standard InChI is InChI=1S/C11H16BrNOS/c1-8(7-12)9(2)13-11(14)6-10-4-3-5-15-10/h3-5,8-9H,6-7H2,1-2H3,(H,13,14). The molecule has 0 bridgehead atoms. The Labute approximate surface area is 103 Å². The van der Waals surface area contributed by atoms with E-state index in [9.17, 15) is 4.79 Å². The van der Waals surface area contributed by atoms with Gasteiger partial charge < -0.3 is 5.32 Å². The van der Waals surface area contributed by atoms with Crippen molar-refractivity contribution in [3.8, 4) is 0 Å². The van der Waals surface area contributed by atoms with Crippen LogP contribution in [-0.2, 0) is 11.2 Å².